The molecule has 0 heterocycles. The maximum atomic E-state index is 10.7. The lowest BCUT2D eigenvalue weighted by Crippen LogP contribution is -2.21. The maximum Gasteiger partial charge on any atom is 0.485 e. The van der Waals surface area contributed by atoms with Crippen molar-refractivity contribution in [2.75, 3.05) is 25.6 Å². The minimum Gasteiger partial charge on any atom is -0.741 e. The zero-order valence-electron chi connectivity index (χ0n) is 7.79. The van der Waals surface area contributed by atoms with Crippen LogP contribution in [0.4, 0.5) is 13.2 Å². The molecule has 0 aromatic rings. The molecule has 0 fully saturated rings. The van der Waals surface area contributed by atoms with Gasteiger partial charge in [-0.25, -0.2) is 8.42 Å². The lowest BCUT2D eigenvalue weighted by molar-refractivity contribution is -0.0517. The van der Waals surface area contributed by atoms with Gasteiger partial charge in [0.15, 0.2) is 10.1 Å². The van der Waals surface area contributed by atoms with E-state index in [9.17, 15) is 13.2 Å². The normalized spacial score (nSPS) is 12.3. The van der Waals surface area contributed by atoms with Crippen LogP contribution >= 0.6 is 0 Å². The third-order valence-corrected chi connectivity index (χ3v) is 1.91. The summed E-state index contributed by atoms with van der Waals surface area (Å²) in [6.07, 6.45) is 4.31. The maximum absolute atomic E-state index is 10.7. The van der Waals surface area contributed by atoms with Gasteiger partial charge in [0, 0.05) is 18.0 Å². The molecule has 9 heteroatoms. The molecule has 14 heavy (non-hydrogen) atoms. The molecule has 0 saturated carbocycles. The topological polar surface area (TPSA) is 66.4 Å². The van der Waals surface area contributed by atoms with Crippen LogP contribution < -0.4 is 0 Å². The van der Waals surface area contributed by atoms with Crippen molar-refractivity contribution in [3.05, 3.63) is 0 Å². The Bertz CT molecular complexity index is 234. The fourth-order valence-corrected chi connectivity index (χ4v) is 0.707. The number of alkyl halides is 3. The van der Waals surface area contributed by atoms with Crippen LogP contribution in [0.1, 0.15) is 0 Å². The van der Waals surface area contributed by atoms with Crippen LogP contribution in [-0.2, 0) is 25.7 Å². The first-order valence-corrected chi connectivity index (χ1v) is 6.69. The highest BCUT2D eigenvalue weighted by Crippen LogP contribution is 2.20. The van der Waals surface area contributed by atoms with Crippen molar-refractivity contribution in [1.29, 1.82) is 0 Å². The zero-order valence-corrected chi connectivity index (χ0v) is 9.42. The van der Waals surface area contributed by atoms with Gasteiger partial charge < -0.3 is 9.29 Å². The summed E-state index contributed by atoms with van der Waals surface area (Å²) in [5.41, 5.74) is -5.65. The van der Waals surface area contributed by atoms with E-state index in [1.807, 2.05) is 0 Å². The Kier molecular flexibility index (Phi) is 7.62. The molecule has 0 aliphatic heterocycles. The number of ether oxygens (including phenoxy) is 1. The molecule has 0 atom stereocenters. The average molecular weight is 256 g/mol. The van der Waals surface area contributed by atoms with E-state index in [0.717, 1.165) is 5.94 Å². The average Bonchev–Trinajstić information content (AvgIpc) is 1.82. The summed E-state index contributed by atoms with van der Waals surface area (Å²) in [5.74, 6) is 0.903. The summed E-state index contributed by atoms with van der Waals surface area (Å²) >= 11 is 0. The smallest absolute Gasteiger partial charge is 0.485 e. The molecular formula is C5H11F3O4S2. The number of hydrogen-bond acceptors (Lipinski definition) is 4. The van der Waals surface area contributed by atoms with E-state index >= 15 is 0 Å². The monoisotopic (exact) mass is 256 g/mol. The zero-order chi connectivity index (χ0) is 12.0. The number of methoxy groups -OCH3 is 1. The Labute approximate surface area is 83.5 Å². The molecule has 0 amide bonds. The van der Waals surface area contributed by atoms with Crippen LogP contribution in [0.15, 0.2) is 0 Å². The third-order valence-electron chi connectivity index (χ3n) is 0.637. The molecule has 0 N–H and O–H groups in total. The fraction of sp³-hybridized carbons (Fsp3) is 1.00. The fourth-order valence-electron chi connectivity index (χ4n) is 0.236. The first kappa shape index (κ1) is 16.4. The molecule has 0 saturated heterocycles. The van der Waals surface area contributed by atoms with Crippen molar-refractivity contribution < 1.29 is 30.9 Å². The SMILES string of the molecule is COC[S+](C)C.O=S(=O)([O-])C(F)(F)F. The largest absolute Gasteiger partial charge is 0.741 e. The molecule has 0 radical (unpaired) electrons. The molecule has 0 bridgehead atoms. The second-order valence-electron chi connectivity index (χ2n) is 2.29. The number of rotatable bonds is 2. The highest BCUT2D eigenvalue weighted by molar-refractivity contribution is 7.95. The van der Waals surface area contributed by atoms with Gasteiger partial charge in [-0.1, -0.05) is 0 Å². The van der Waals surface area contributed by atoms with Gasteiger partial charge in [-0.05, 0) is 0 Å². The summed E-state index contributed by atoms with van der Waals surface area (Å²) in [6.45, 7) is 0. The quantitative estimate of drug-likeness (QED) is 0.410. The summed E-state index contributed by atoms with van der Waals surface area (Å²) < 4.78 is 63.7. The molecule has 0 aliphatic carbocycles. The standard InChI is InChI=1S/C4H11OS.CHF3O3S/c1-5-4-6(2)3;2-1(3,4)8(5,6)7/h4H2,1-3H3;(H,5,6,7)/q+1;/p-1. The minimum absolute atomic E-state index is 0.462. The van der Waals surface area contributed by atoms with E-state index < -0.39 is 15.6 Å². The Balaban J connectivity index is 0. The van der Waals surface area contributed by atoms with Gasteiger partial charge in [-0.2, -0.15) is 13.2 Å². The Hall–Kier alpha value is 0.01000. The van der Waals surface area contributed by atoms with Crippen LogP contribution in [0.5, 0.6) is 0 Å². The van der Waals surface area contributed by atoms with Crippen molar-refractivity contribution in [2.45, 2.75) is 5.51 Å². The first-order valence-electron chi connectivity index (χ1n) is 3.07. The van der Waals surface area contributed by atoms with E-state index in [4.69, 9.17) is 17.7 Å². The summed E-state index contributed by atoms with van der Waals surface area (Å²) in [6, 6.07) is 0. The van der Waals surface area contributed by atoms with Crippen molar-refractivity contribution >= 4 is 21.0 Å². The predicted molar refractivity (Wildman–Crippen MR) is 46.8 cm³/mol. The molecule has 88 valence electrons. The third kappa shape index (κ3) is 10.1. The van der Waals surface area contributed by atoms with E-state index in [0.29, 0.717) is 10.9 Å². The lowest BCUT2D eigenvalue weighted by atomic mass is 11.5. The predicted octanol–water partition coefficient (Wildman–Crippen LogP) is 0.520. The van der Waals surface area contributed by atoms with Gasteiger partial charge >= 0.3 is 5.51 Å². The summed E-state index contributed by atoms with van der Waals surface area (Å²) in [5, 5.41) is 0. The number of hydrogen-bond donors (Lipinski definition) is 0. The number of halogens is 3. The van der Waals surface area contributed by atoms with Crippen LogP contribution in [0.3, 0.4) is 0 Å². The van der Waals surface area contributed by atoms with Crippen molar-refractivity contribution in [2.24, 2.45) is 0 Å². The molecular weight excluding hydrogens is 245 g/mol. The molecule has 0 aliphatic rings. The second-order valence-corrected chi connectivity index (χ2v) is 5.87. The molecule has 4 nitrogen and oxygen atoms in total. The molecule has 0 aromatic carbocycles. The van der Waals surface area contributed by atoms with E-state index in [2.05, 4.69) is 12.5 Å². The Morgan fingerprint density at radius 3 is 1.64 bits per heavy atom. The Morgan fingerprint density at radius 1 is 1.36 bits per heavy atom. The van der Waals surface area contributed by atoms with Gasteiger partial charge in [-0.15, -0.1) is 0 Å². The summed E-state index contributed by atoms with van der Waals surface area (Å²) in [7, 11) is -3.90. The van der Waals surface area contributed by atoms with Gasteiger partial charge in [0.1, 0.15) is 0 Å². The summed E-state index contributed by atoms with van der Waals surface area (Å²) in [4.78, 5) is 0. The van der Waals surface area contributed by atoms with Gasteiger partial charge in [-0.3, -0.25) is 0 Å². The highest BCUT2D eigenvalue weighted by Gasteiger charge is 2.36. The van der Waals surface area contributed by atoms with Crippen LogP contribution in [0.2, 0.25) is 0 Å². The van der Waals surface area contributed by atoms with Gasteiger partial charge in [0.2, 0.25) is 5.94 Å². The van der Waals surface area contributed by atoms with Crippen LogP contribution in [-0.4, -0.2) is 44.0 Å². The van der Waals surface area contributed by atoms with Crippen molar-refractivity contribution in [3.8, 4) is 0 Å². The lowest BCUT2D eigenvalue weighted by Gasteiger charge is -2.08. The first-order chi connectivity index (χ1) is 6.02. The molecule has 0 spiro atoms. The minimum atomic E-state index is -6.09. The highest BCUT2D eigenvalue weighted by atomic mass is 32.2. The van der Waals surface area contributed by atoms with E-state index in [1.165, 1.54) is 0 Å². The molecule has 0 rings (SSSR count). The second kappa shape index (κ2) is 6.49. The van der Waals surface area contributed by atoms with Crippen LogP contribution in [0, 0.1) is 0 Å². The van der Waals surface area contributed by atoms with E-state index in [-0.39, 0.29) is 0 Å². The van der Waals surface area contributed by atoms with Gasteiger partial charge in [0.25, 0.3) is 0 Å². The van der Waals surface area contributed by atoms with Crippen LogP contribution in [0.25, 0.3) is 0 Å². The molecule has 0 aromatic heterocycles. The van der Waals surface area contributed by atoms with E-state index in [1.54, 1.807) is 7.11 Å². The molecule has 0 unspecified atom stereocenters. The van der Waals surface area contributed by atoms with Crippen molar-refractivity contribution in [1.82, 2.24) is 0 Å². The van der Waals surface area contributed by atoms with Crippen molar-refractivity contribution in [3.63, 3.8) is 0 Å². The van der Waals surface area contributed by atoms with Gasteiger partial charge in [0.05, 0.1) is 12.5 Å². The Morgan fingerprint density at radius 2 is 1.64 bits per heavy atom.